The number of aryl methyl sites for hydroxylation is 2. The van der Waals surface area contributed by atoms with Gasteiger partial charge in [0, 0.05) is 18.0 Å². The van der Waals surface area contributed by atoms with E-state index in [0.29, 0.717) is 19.4 Å². The highest BCUT2D eigenvalue weighted by atomic mass is 35.5. The van der Waals surface area contributed by atoms with Crippen molar-refractivity contribution in [2.24, 2.45) is 0 Å². The van der Waals surface area contributed by atoms with Gasteiger partial charge < -0.3 is 10.1 Å². The molecule has 2 aromatic carbocycles. The maximum absolute atomic E-state index is 11.9. The maximum atomic E-state index is 11.9. The first kappa shape index (κ1) is 17.4. The van der Waals surface area contributed by atoms with Crippen LogP contribution in [0, 0.1) is 6.92 Å². The summed E-state index contributed by atoms with van der Waals surface area (Å²) in [6.45, 7) is 2.57. The highest BCUT2D eigenvalue weighted by Gasteiger charge is 2.05. The predicted octanol–water partition coefficient (Wildman–Crippen LogP) is 3.95. The average molecular weight is 332 g/mol. The molecule has 0 heterocycles. The summed E-state index contributed by atoms with van der Waals surface area (Å²) in [7, 11) is 1.66. The quantitative estimate of drug-likeness (QED) is 0.834. The highest BCUT2D eigenvalue weighted by molar-refractivity contribution is 6.31. The van der Waals surface area contributed by atoms with Gasteiger partial charge in [-0.2, -0.15) is 0 Å². The number of hydrogen-bond acceptors (Lipinski definition) is 2. The predicted molar refractivity (Wildman–Crippen MR) is 94.2 cm³/mol. The smallest absolute Gasteiger partial charge is 0.220 e. The van der Waals surface area contributed by atoms with Gasteiger partial charge in [0.1, 0.15) is 5.75 Å². The van der Waals surface area contributed by atoms with Gasteiger partial charge in [0.15, 0.2) is 0 Å². The molecule has 23 heavy (non-hydrogen) atoms. The number of amides is 1. The summed E-state index contributed by atoms with van der Waals surface area (Å²) in [4.78, 5) is 11.9. The van der Waals surface area contributed by atoms with Gasteiger partial charge in [-0.1, -0.05) is 41.9 Å². The van der Waals surface area contributed by atoms with Crippen LogP contribution in [0.4, 0.5) is 0 Å². The minimum Gasteiger partial charge on any atom is -0.496 e. The summed E-state index contributed by atoms with van der Waals surface area (Å²) in [6, 6.07) is 13.8. The average Bonchev–Trinajstić information content (AvgIpc) is 2.56. The molecule has 0 atom stereocenters. The first-order chi connectivity index (χ1) is 11.1. The number of methoxy groups -OCH3 is 1. The number of benzene rings is 2. The lowest BCUT2D eigenvalue weighted by Crippen LogP contribution is -2.26. The highest BCUT2D eigenvalue weighted by Crippen LogP contribution is 2.18. The van der Waals surface area contributed by atoms with Crippen molar-refractivity contribution in [1.82, 2.24) is 5.32 Å². The van der Waals surface area contributed by atoms with Crippen LogP contribution in [0.15, 0.2) is 42.5 Å². The Morgan fingerprint density at radius 2 is 1.96 bits per heavy atom. The van der Waals surface area contributed by atoms with Gasteiger partial charge in [-0.25, -0.2) is 0 Å². The Kier molecular flexibility index (Phi) is 6.48. The molecule has 4 heteroatoms. The van der Waals surface area contributed by atoms with E-state index in [2.05, 4.69) is 5.32 Å². The van der Waals surface area contributed by atoms with Crippen LogP contribution < -0.4 is 10.1 Å². The summed E-state index contributed by atoms with van der Waals surface area (Å²) in [5, 5.41) is 3.70. The van der Waals surface area contributed by atoms with Gasteiger partial charge in [-0.3, -0.25) is 4.79 Å². The second kappa shape index (κ2) is 8.59. The largest absolute Gasteiger partial charge is 0.496 e. The maximum Gasteiger partial charge on any atom is 0.220 e. The fraction of sp³-hybridized carbons (Fsp3) is 0.316. The zero-order chi connectivity index (χ0) is 16.7. The molecule has 0 spiro atoms. The normalized spacial score (nSPS) is 10.4. The van der Waals surface area contributed by atoms with Gasteiger partial charge in [0.05, 0.1) is 7.11 Å². The summed E-state index contributed by atoms with van der Waals surface area (Å²) >= 11 is 6.10. The molecule has 0 aliphatic carbocycles. The molecule has 2 aromatic rings. The third-order valence-corrected chi connectivity index (χ3v) is 4.19. The van der Waals surface area contributed by atoms with E-state index in [1.165, 1.54) is 0 Å². The van der Waals surface area contributed by atoms with Gasteiger partial charge in [-0.15, -0.1) is 0 Å². The van der Waals surface area contributed by atoms with Gasteiger partial charge in [0.2, 0.25) is 5.91 Å². The van der Waals surface area contributed by atoms with E-state index in [-0.39, 0.29) is 5.91 Å². The Labute approximate surface area is 142 Å². The van der Waals surface area contributed by atoms with E-state index in [1.54, 1.807) is 7.11 Å². The Balaban J connectivity index is 1.76. The van der Waals surface area contributed by atoms with Gasteiger partial charge in [0.25, 0.3) is 0 Å². The van der Waals surface area contributed by atoms with Crippen molar-refractivity contribution in [1.29, 1.82) is 0 Å². The molecule has 0 saturated heterocycles. The number of hydrogen-bond donors (Lipinski definition) is 1. The molecule has 1 N–H and O–H groups in total. The Hall–Kier alpha value is -2.00. The number of nitrogens with one attached hydrogen (secondary N) is 1. The lowest BCUT2D eigenvalue weighted by atomic mass is 10.1. The standard InChI is InChI=1S/C19H22ClNO2/c1-14-7-8-15(13-17(14)20)9-10-19(22)21-12-11-16-5-3-4-6-18(16)23-2/h3-8,13H,9-12H2,1-2H3,(H,21,22). The van der Waals surface area contributed by atoms with Crippen molar-refractivity contribution in [3.05, 3.63) is 64.2 Å². The van der Waals surface area contributed by atoms with E-state index < -0.39 is 0 Å². The molecule has 0 unspecified atom stereocenters. The van der Waals surface area contributed by atoms with Crippen LogP contribution in [0.25, 0.3) is 0 Å². The molecule has 0 bridgehead atoms. The SMILES string of the molecule is COc1ccccc1CCNC(=O)CCc1ccc(C)c(Cl)c1. The van der Waals surface area contributed by atoms with Crippen molar-refractivity contribution >= 4 is 17.5 Å². The molecule has 122 valence electrons. The summed E-state index contributed by atoms with van der Waals surface area (Å²) in [5.74, 6) is 0.910. The molecule has 0 aliphatic heterocycles. The van der Waals surface area contributed by atoms with Gasteiger partial charge in [-0.05, 0) is 48.6 Å². The molecule has 0 aromatic heterocycles. The molecule has 0 radical (unpaired) electrons. The topological polar surface area (TPSA) is 38.3 Å². The number of rotatable bonds is 7. The minimum absolute atomic E-state index is 0.0524. The summed E-state index contributed by atoms with van der Waals surface area (Å²) in [6.07, 6.45) is 1.91. The zero-order valence-electron chi connectivity index (χ0n) is 13.6. The second-order valence-electron chi connectivity index (χ2n) is 5.50. The third kappa shape index (κ3) is 5.29. The number of para-hydroxylation sites is 1. The molecule has 3 nitrogen and oxygen atoms in total. The third-order valence-electron chi connectivity index (χ3n) is 3.79. The van der Waals surface area contributed by atoms with Crippen LogP contribution in [0.2, 0.25) is 5.02 Å². The van der Waals surface area contributed by atoms with Crippen molar-refractivity contribution in [3.63, 3.8) is 0 Å². The van der Waals surface area contributed by atoms with Crippen molar-refractivity contribution in [2.45, 2.75) is 26.2 Å². The van der Waals surface area contributed by atoms with Crippen LogP contribution in [0.1, 0.15) is 23.1 Å². The number of ether oxygens (including phenoxy) is 1. The lowest BCUT2D eigenvalue weighted by Gasteiger charge is -2.09. The Morgan fingerprint density at radius 1 is 1.17 bits per heavy atom. The molecule has 0 fully saturated rings. The van der Waals surface area contributed by atoms with E-state index in [1.807, 2.05) is 49.4 Å². The molecular formula is C19H22ClNO2. The van der Waals surface area contributed by atoms with Crippen LogP contribution >= 0.6 is 11.6 Å². The van der Waals surface area contributed by atoms with Crippen molar-refractivity contribution in [3.8, 4) is 5.75 Å². The minimum atomic E-state index is 0.0524. The van der Waals surface area contributed by atoms with E-state index in [0.717, 1.165) is 33.9 Å². The molecule has 0 saturated carbocycles. The first-order valence-electron chi connectivity index (χ1n) is 7.74. The summed E-state index contributed by atoms with van der Waals surface area (Å²) < 4.78 is 5.30. The van der Waals surface area contributed by atoms with Crippen LogP contribution in [-0.4, -0.2) is 19.6 Å². The van der Waals surface area contributed by atoms with Crippen molar-refractivity contribution in [2.75, 3.05) is 13.7 Å². The fourth-order valence-corrected chi connectivity index (χ4v) is 2.59. The number of carbonyl (C=O) groups is 1. The monoisotopic (exact) mass is 331 g/mol. The molecular weight excluding hydrogens is 310 g/mol. The van der Waals surface area contributed by atoms with Crippen molar-refractivity contribution < 1.29 is 9.53 Å². The Bertz CT molecular complexity index is 670. The fourth-order valence-electron chi connectivity index (χ4n) is 2.38. The number of carbonyl (C=O) groups excluding carboxylic acids is 1. The zero-order valence-corrected chi connectivity index (χ0v) is 14.3. The second-order valence-corrected chi connectivity index (χ2v) is 5.90. The lowest BCUT2D eigenvalue weighted by molar-refractivity contribution is -0.121. The van der Waals surface area contributed by atoms with Gasteiger partial charge >= 0.3 is 0 Å². The Morgan fingerprint density at radius 3 is 2.70 bits per heavy atom. The van der Waals surface area contributed by atoms with Crippen LogP contribution in [0.5, 0.6) is 5.75 Å². The van der Waals surface area contributed by atoms with E-state index >= 15 is 0 Å². The molecule has 1 amide bonds. The van der Waals surface area contributed by atoms with E-state index in [4.69, 9.17) is 16.3 Å². The molecule has 2 rings (SSSR count). The summed E-state index contributed by atoms with van der Waals surface area (Å²) in [5.41, 5.74) is 3.23. The van der Waals surface area contributed by atoms with Crippen LogP contribution in [-0.2, 0) is 17.6 Å². The van der Waals surface area contributed by atoms with Crippen LogP contribution in [0.3, 0.4) is 0 Å². The number of halogens is 1. The van der Waals surface area contributed by atoms with E-state index in [9.17, 15) is 4.79 Å². The first-order valence-corrected chi connectivity index (χ1v) is 8.11. The molecule has 0 aliphatic rings.